The quantitative estimate of drug-likeness (QED) is 0.161. The van der Waals surface area contributed by atoms with Crippen LogP contribution in [0.4, 0.5) is 0 Å². The van der Waals surface area contributed by atoms with Gasteiger partial charge in [-0.3, -0.25) is 0 Å². The molecule has 0 aliphatic heterocycles. The highest BCUT2D eigenvalue weighted by Gasteiger charge is 2.22. The van der Waals surface area contributed by atoms with Gasteiger partial charge in [-0.1, -0.05) is 194 Å². The molecular formula is C52H34. The summed E-state index contributed by atoms with van der Waals surface area (Å²) in [5.74, 6) is 0. The molecule has 0 aliphatic carbocycles. The van der Waals surface area contributed by atoms with Gasteiger partial charge in [-0.25, -0.2) is 0 Å². The van der Waals surface area contributed by atoms with Crippen LogP contribution in [0, 0.1) is 0 Å². The maximum atomic E-state index is 2.36. The average Bonchev–Trinajstić information content (AvgIpc) is 3.22. The van der Waals surface area contributed by atoms with E-state index < -0.39 is 0 Å². The van der Waals surface area contributed by atoms with Crippen LogP contribution in [0.2, 0.25) is 0 Å². The molecule has 10 aromatic carbocycles. The molecule has 10 aromatic rings. The van der Waals surface area contributed by atoms with Crippen LogP contribution in [-0.4, -0.2) is 0 Å². The van der Waals surface area contributed by atoms with Crippen molar-refractivity contribution >= 4 is 43.1 Å². The van der Waals surface area contributed by atoms with Crippen LogP contribution in [0.1, 0.15) is 0 Å². The normalized spacial score (nSPS) is 11.5. The molecule has 0 atom stereocenters. The Morgan fingerprint density at radius 2 is 0.731 bits per heavy atom. The molecule has 52 heavy (non-hydrogen) atoms. The maximum Gasteiger partial charge on any atom is -0.00139 e. The molecule has 0 saturated carbocycles. The number of fused-ring (bicyclic) bond motifs is 4. The number of benzene rings is 10. The molecule has 0 spiro atoms. The van der Waals surface area contributed by atoms with Crippen molar-refractivity contribution in [1.82, 2.24) is 0 Å². The third-order valence-corrected chi connectivity index (χ3v) is 10.6. The summed E-state index contributed by atoms with van der Waals surface area (Å²) in [5, 5.41) is 10.0. The fourth-order valence-electron chi connectivity index (χ4n) is 8.29. The molecule has 10 rings (SSSR count). The van der Waals surface area contributed by atoms with Gasteiger partial charge in [0.25, 0.3) is 0 Å². The summed E-state index contributed by atoms with van der Waals surface area (Å²) in [6.07, 6.45) is 0. The smallest absolute Gasteiger partial charge is 0.00139 e. The Morgan fingerprint density at radius 1 is 0.212 bits per heavy atom. The van der Waals surface area contributed by atoms with Crippen molar-refractivity contribution in [1.29, 1.82) is 0 Å². The Kier molecular flexibility index (Phi) is 7.25. The Labute approximate surface area is 303 Å². The first-order valence-corrected chi connectivity index (χ1v) is 18.0. The molecule has 0 aromatic heterocycles. The topological polar surface area (TPSA) is 0 Å². The van der Waals surface area contributed by atoms with Crippen LogP contribution in [0.5, 0.6) is 0 Å². The Morgan fingerprint density at radius 3 is 1.58 bits per heavy atom. The van der Waals surface area contributed by atoms with Crippen molar-refractivity contribution in [3.63, 3.8) is 0 Å². The maximum absolute atomic E-state index is 2.36. The van der Waals surface area contributed by atoms with Crippen molar-refractivity contribution in [3.05, 3.63) is 206 Å². The lowest BCUT2D eigenvalue weighted by molar-refractivity contribution is 1.60. The number of hydrogen-bond donors (Lipinski definition) is 0. The first kappa shape index (κ1) is 30.1. The average molecular weight is 659 g/mol. The summed E-state index contributed by atoms with van der Waals surface area (Å²) < 4.78 is 0. The summed E-state index contributed by atoms with van der Waals surface area (Å²) in [6.45, 7) is 0. The zero-order valence-electron chi connectivity index (χ0n) is 28.6. The standard InChI is InChI=1S/C52H34/c1-2-15-35(16-3-1)39-21-12-22-40(33-39)44-28-14-30-49-50(45-29-13-20-37-18-6-7-23-42(37)45)47-26-10-11-27-48(47)52(51(44)49)46-25-9-8-24-43(46)41-32-31-36-17-4-5-19-38(36)34-41/h1-34H. The van der Waals surface area contributed by atoms with Crippen molar-refractivity contribution in [2.24, 2.45) is 0 Å². The van der Waals surface area contributed by atoms with E-state index in [4.69, 9.17) is 0 Å². The van der Waals surface area contributed by atoms with Crippen molar-refractivity contribution in [2.75, 3.05) is 0 Å². The largest absolute Gasteiger partial charge is 0.0622 e. The molecule has 0 amide bonds. The highest BCUT2D eigenvalue weighted by atomic mass is 14.2. The third kappa shape index (κ3) is 5.00. The fourth-order valence-corrected chi connectivity index (χ4v) is 8.29. The van der Waals surface area contributed by atoms with E-state index in [1.165, 1.54) is 98.7 Å². The molecule has 0 saturated heterocycles. The van der Waals surface area contributed by atoms with Gasteiger partial charge in [-0.15, -0.1) is 0 Å². The van der Waals surface area contributed by atoms with Gasteiger partial charge in [0.05, 0.1) is 0 Å². The molecule has 0 heteroatoms. The van der Waals surface area contributed by atoms with Crippen LogP contribution in [0.25, 0.3) is 98.7 Å². The molecule has 0 heterocycles. The predicted octanol–water partition coefficient (Wildman–Crippen LogP) is 14.6. The highest BCUT2D eigenvalue weighted by molar-refractivity contribution is 6.27. The zero-order chi connectivity index (χ0) is 34.4. The van der Waals surface area contributed by atoms with E-state index in [2.05, 4.69) is 206 Å². The van der Waals surface area contributed by atoms with Crippen LogP contribution in [-0.2, 0) is 0 Å². The van der Waals surface area contributed by atoms with Gasteiger partial charge in [0.15, 0.2) is 0 Å². The van der Waals surface area contributed by atoms with Crippen LogP contribution >= 0.6 is 0 Å². The SMILES string of the molecule is c1ccc(-c2cccc(-c3cccc4c(-c5cccc6ccccc56)c5ccccc5c(-c5ccccc5-c5ccc6ccccc6c5)c34)c2)cc1. The second kappa shape index (κ2) is 12.5. The first-order valence-electron chi connectivity index (χ1n) is 18.0. The van der Waals surface area contributed by atoms with Gasteiger partial charge in [0.1, 0.15) is 0 Å². The van der Waals surface area contributed by atoms with Crippen LogP contribution in [0.3, 0.4) is 0 Å². The highest BCUT2D eigenvalue weighted by Crippen LogP contribution is 2.50. The molecular weight excluding hydrogens is 625 g/mol. The van der Waals surface area contributed by atoms with E-state index in [0.29, 0.717) is 0 Å². The molecule has 0 aliphatic rings. The second-order valence-corrected chi connectivity index (χ2v) is 13.6. The van der Waals surface area contributed by atoms with E-state index in [1.807, 2.05) is 0 Å². The van der Waals surface area contributed by atoms with E-state index in [-0.39, 0.29) is 0 Å². The predicted molar refractivity (Wildman–Crippen MR) is 224 cm³/mol. The van der Waals surface area contributed by atoms with E-state index in [9.17, 15) is 0 Å². The van der Waals surface area contributed by atoms with Crippen molar-refractivity contribution < 1.29 is 0 Å². The fraction of sp³-hybridized carbons (Fsp3) is 0. The molecule has 0 radical (unpaired) electrons. The first-order chi connectivity index (χ1) is 25.8. The summed E-state index contributed by atoms with van der Waals surface area (Å²) in [6, 6.07) is 75.7. The zero-order valence-corrected chi connectivity index (χ0v) is 28.6. The summed E-state index contributed by atoms with van der Waals surface area (Å²) in [5.41, 5.74) is 12.3. The van der Waals surface area contributed by atoms with E-state index >= 15 is 0 Å². The number of hydrogen-bond acceptors (Lipinski definition) is 0. The van der Waals surface area contributed by atoms with E-state index in [0.717, 1.165) is 0 Å². The van der Waals surface area contributed by atoms with Crippen molar-refractivity contribution in [3.8, 4) is 55.6 Å². The Bertz CT molecular complexity index is 2940. The summed E-state index contributed by atoms with van der Waals surface area (Å²) in [7, 11) is 0. The molecule has 242 valence electrons. The minimum absolute atomic E-state index is 1.20. The van der Waals surface area contributed by atoms with Gasteiger partial charge < -0.3 is 0 Å². The third-order valence-electron chi connectivity index (χ3n) is 10.6. The Balaban J connectivity index is 1.36. The van der Waals surface area contributed by atoms with Gasteiger partial charge in [0, 0.05) is 0 Å². The van der Waals surface area contributed by atoms with Gasteiger partial charge >= 0.3 is 0 Å². The monoisotopic (exact) mass is 658 g/mol. The Hall–Kier alpha value is -6.76. The van der Waals surface area contributed by atoms with Crippen molar-refractivity contribution in [2.45, 2.75) is 0 Å². The molecule has 0 nitrogen and oxygen atoms in total. The molecule has 0 unspecified atom stereocenters. The van der Waals surface area contributed by atoms with Gasteiger partial charge in [-0.2, -0.15) is 0 Å². The molecule has 0 fully saturated rings. The lowest BCUT2D eigenvalue weighted by Crippen LogP contribution is -1.95. The minimum atomic E-state index is 1.20. The lowest BCUT2D eigenvalue weighted by Gasteiger charge is -2.22. The lowest BCUT2D eigenvalue weighted by atomic mass is 9.80. The van der Waals surface area contributed by atoms with Gasteiger partial charge in [-0.05, 0) is 111 Å². The molecule has 0 bridgehead atoms. The second-order valence-electron chi connectivity index (χ2n) is 13.6. The van der Waals surface area contributed by atoms with Gasteiger partial charge in [0.2, 0.25) is 0 Å². The minimum Gasteiger partial charge on any atom is -0.0622 e. The van der Waals surface area contributed by atoms with E-state index in [1.54, 1.807) is 0 Å². The molecule has 0 N–H and O–H groups in total. The van der Waals surface area contributed by atoms with Crippen LogP contribution < -0.4 is 0 Å². The van der Waals surface area contributed by atoms with Crippen LogP contribution in [0.15, 0.2) is 206 Å². The summed E-state index contributed by atoms with van der Waals surface area (Å²) >= 11 is 0. The number of rotatable bonds is 5. The summed E-state index contributed by atoms with van der Waals surface area (Å²) in [4.78, 5) is 0.